The molecule has 1 atom stereocenters. The Morgan fingerprint density at radius 3 is 2.81 bits per heavy atom. The Bertz CT molecular complexity index is 866. The zero-order valence-corrected chi connectivity index (χ0v) is 14.9. The van der Waals surface area contributed by atoms with Crippen molar-refractivity contribution in [3.05, 3.63) is 53.2 Å². The van der Waals surface area contributed by atoms with Gasteiger partial charge < -0.3 is 19.9 Å². The van der Waals surface area contributed by atoms with E-state index in [0.29, 0.717) is 5.69 Å². The van der Waals surface area contributed by atoms with Gasteiger partial charge >= 0.3 is 5.97 Å². The second kappa shape index (κ2) is 8.48. The summed E-state index contributed by atoms with van der Waals surface area (Å²) in [5.74, 6) is -1.35. The lowest BCUT2D eigenvalue weighted by Crippen LogP contribution is -2.28. The van der Waals surface area contributed by atoms with Crippen molar-refractivity contribution in [3.8, 4) is 0 Å². The lowest BCUT2D eigenvalue weighted by atomic mass is 10.00. The van der Waals surface area contributed by atoms with Gasteiger partial charge in [0, 0.05) is 37.5 Å². The van der Waals surface area contributed by atoms with Crippen molar-refractivity contribution in [2.75, 3.05) is 23.3 Å². The second-order valence-corrected chi connectivity index (χ2v) is 6.59. The molecule has 0 aliphatic carbocycles. The van der Waals surface area contributed by atoms with Crippen molar-refractivity contribution in [1.82, 2.24) is 9.55 Å². The molecule has 0 unspecified atom stereocenters. The molecular formula is C19H22N4O4. The number of nitrogens with zero attached hydrogens (tertiary/aromatic N) is 3. The first-order valence-electron chi connectivity index (χ1n) is 8.91. The SMILES string of the molecule is O=C(O)Cn1cc(NC(=O)[C@@H]2CCCN(c3cccnc3)CC2)ccc1=O. The Balaban J connectivity index is 1.63. The molecule has 0 radical (unpaired) electrons. The van der Waals surface area contributed by atoms with E-state index in [1.165, 1.54) is 18.3 Å². The summed E-state index contributed by atoms with van der Waals surface area (Å²) in [5, 5.41) is 11.7. The fraction of sp³-hybridized carbons (Fsp3) is 0.368. The fourth-order valence-electron chi connectivity index (χ4n) is 3.28. The summed E-state index contributed by atoms with van der Waals surface area (Å²) in [6.45, 7) is 1.20. The van der Waals surface area contributed by atoms with Gasteiger partial charge in [0.1, 0.15) is 6.54 Å². The summed E-state index contributed by atoms with van der Waals surface area (Å²) in [6, 6.07) is 6.67. The van der Waals surface area contributed by atoms with Gasteiger partial charge in [0.15, 0.2) is 0 Å². The number of nitrogens with one attached hydrogen (secondary N) is 1. The maximum atomic E-state index is 12.6. The van der Waals surface area contributed by atoms with Crippen molar-refractivity contribution < 1.29 is 14.7 Å². The van der Waals surface area contributed by atoms with Crippen LogP contribution in [0.2, 0.25) is 0 Å². The predicted molar refractivity (Wildman–Crippen MR) is 101 cm³/mol. The van der Waals surface area contributed by atoms with Gasteiger partial charge in [0.05, 0.1) is 17.6 Å². The summed E-state index contributed by atoms with van der Waals surface area (Å²) < 4.78 is 1.06. The third-order valence-corrected chi connectivity index (χ3v) is 4.67. The average Bonchev–Trinajstić information content (AvgIpc) is 2.91. The van der Waals surface area contributed by atoms with Crippen LogP contribution in [-0.4, -0.2) is 39.6 Å². The van der Waals surface area contributed by atoms with Crippen LogP contribution >= 0.6 is 0 Å². The van der Waals surface area contributed by atoms with Crippen molar-refractivity contribution in [2.24, 2.45) is 5.92 Å². The second-order valence-electron chi connectivity index (χ2n) is 6.59. The Labute approximate surface area is 156 Å². The van der Waals surface area contributed by atoms with E-state index in [1.54, 1.807) is 6.20 Å². The maximum Gasteiger partial charge on any atom is 0.323 e. The quantitative estimate of drug-likeness (QED) is 0.828. The molecule has 1 aliphatic rings. The summed E-state index contributed by atoms with van der Waals surface area (Å²) in [4.78, 5) is 41.5. The third-order valence-electron chi connectivity index (χ3n) is 4.67. The Kier molecular flexibility index (Phi) is 5.85. The van der Waals surface area contributed by atoms with E-state index < -0.39 is 18.1 Å². The van der Waals surface area contributed by atoms with Crippen LogP contribution in [0.5, 0.6) is 0 Å². The normalized spacial score (nSPS) is 17.2. The predicted octanol–water partition coefficient (Wildman–Crippen LogP) is 1.57. The minimum atomic E-state index is -1.11. The highest BCUT2D eigenvalue weighted by Gasteiger charge is 2.23. The van der Waals surface area contributed by atoms with Crippen molar-refractivity contribution in [2.45, 2.75) is 25.8 Å². The monoisotopic (exact) mass is 370 g/mol. The van der Waals surface area contributed by atoms with E-state index in [-0.39, 0.29) is 11.8 Å². The molecule has 1 amide bonds. The number of hydrogen-bond donors (Lipinski definition) is 2. The number of anilines is 2. The largest absolute Gasteiger partial charge is 0.480 e. The van der Waals surface area contributed by atoms with Gasteiger partial charge in [-0.3, -0.25) is 19.4 Å². The summed E-state index contributed by atoms with van der Waals surface area (Å²) in [7, 11) is 0. The molecule has 2 aromatic heterocycles. The first-order valence-corrected chi connectivity index (χ1v) is 8.91. The number of rotatable bonds is 5. The first kappa shape index (κ1) is 18.6. The van der Waals surface area contributed by atoms with Crippen LogP contribution in [0, 0.1) is 5.92 Å². The first-order chi connectivity index (χ1) is 13.0. The molecule has 2 N–H and O–H groups in total. The number of aliphatic carboxylic acids is 1. The van der Waals surface area contributed by atoms with E-state index in [1.807, 2.05) is 18.3 Å². The molecule has 8 nitrogen and oxygen atoms in total. The highest BCUT2D eigenvalue weighted by atomic mass is 16.4. The van der Waals surface area contributed by atoms with Gasteiger partial charge in [-0.25, -0.2) is 0 Å². The summed E-state index contributed by atoms with van der Waals surface area (Å²) in [5.41, 5.74) is 1.06. The molecule has 1 aliphatic heterocycles. The lowest BCUT2D eigenvalue weighted by Gasteiger charge is -2.22. The number of hydrogen-bond acceptors (Lipinski definition) is 5. The van der Waals surface area contributed by atoms with E-state index >= 15 is 0 Å². The molecule has 142 valence electrons. The van der Waals surface area contributed by atoms with E-state index in [0.717, 1.165) is 42.6 Å². The molecule has 3 heterocycles. The van der Waals surface area contributed by atoms with Gasteiger partial charge in [-0.1, -0.05) is 0 Å². The Morgan fingerprint density at radius 2 is 2.07 bits per heavy atom. The third kappa shape index (κ3) is 4.93. The number of amides is 1. The molecular weight excluding hydrogens is 348 g/mol. The van der Waals surface area contributed by atoms with Crippen LogP contribution in [0.1, 0.15) is 19.3 Å². The molecule has 1 fully saturated rings. The fourth-order valence-corrected chi connectivity index (χ4v) is 3.28. The number of carboxylic acid groups (broad SMARTS) is 1. The van der Waals surface area contributed by atoms with Gasteiger partial charge in [0.25, 0.3) is 5.56 Å². The number of carbonyl (C=O) groups is 2. The van der Waals surface area contributed by atoms with E-state index in [9.17, 15) is 14.4 Å². The summed E-state index contributed by atoms with van der Waals surface area (Å²) in [6.07, 6.45) is 7.32. The molecule has 0 saturated carbocycles. The highest BCUT2D eigenvalue weighted by molar-refractivity contribution is 5.92. The molecule has 3 rings (SSSR count). The van der Waals surface area contributed by atoms with Crippen LogP contribution < -0.4 is 15.8 Å². The van der Waals surface area contributed by atoms with E-state index in [2.05, 4.69) is 15.2 Å². The minimum absolute atomic E-state index is 0.108. The van der Waals surface area contributed by atoms with Crippen LogP contribution in [-0.2, 0) is 16.1 Å². The van der Waals surface area contributed by atoms with Crippen molar-refractivity contribution in [3.63, 3.8) is 0 Å². The Morgan fingerprint density at radius 1 is 1.22 bits per heavy atom. The number of aromatic nitrogens is 2. The summed E-state index contributed by atoms with van der Waals surface area (Å²) >= 11 is 0. The average molecular weight is 370 g/mol. The maximum absolute atomic E-state index is 12.6. The smallest absolute Gasteiger partial charge is 0.323 e. The molecule has 0 aromatic carbocycles. The van der Waals surface area contributed by atoms with Gasteiger partial charge in [-0.15, -0.1) is 0 Å². The molecule has 0 spiro atoms. The molecule has 2 aromatic rings. The number of carbonyl (C=O) groups excluding carboxylic acids is 1. The van der Waals surface area contributed by atoms with Crippen LogP contribution in [0.3, 0.4) is 0 Å². The minimum Gasteiger partial charge on any atom is -0.480 e. The standard InChI is InChI=1S/C19H22N4O4/c24-17-6-5-15(12-23(17)13-18(25)26)21-19(27)14-3-2-9-22(10-7-14)16-4-1-8-20-11-16/h1,4-6,8,11-12,14H,2-3,7,9-10,13H2,(H,21,27)(H,25,26)/t14-/m1/s1. The van der Waals surface area contributed by atoms with Gasteiger partial charge in [-0.2, -0.15) is 0 Å². The van der Waals surface area contributed by atoms with Crippen molar-refractivity contribution >= 4 is 23.3 Å². The van der Waals surface area contributed by atoms with E-state index in [4.69, 9.17) is 5.11 Å². The van der Waals surface area contributed by atoms with Gasteiger partial charge in [0.2, 0.25) is 5.91 Å². The van der Waals surface area contributed by atoms with Crippen LogP contribution in [0.25, 0.3) is 0 Å². The Hall–Kier alpha value is -3.16. The highest BCUT2D eigenvalue weighted by Crippen LogP contribution is 2.23. The zero-order valence-electron chi connectivity index (χ0n) is 14.9. The zero-order chi connectivity index (χ0) is 19.2. The molecule has 27 heavy (non-hydrogen) atoms. The van der Waals surface area contributed by atoms with Crippen LogP contribution in [0.4, 0.5) is 11.4 Å². The molecule has 1 saturated heterocycles. The van der Waals surface area contributed by atoms with Crippen molar-refractivity contribution in [1.29, 1.82) is 0 Å². The number of pyridine rings is 2. The molecule has 0 bridgehead atoms. The topological polar surface area (TPSA) is 105 Å². The van der Waals surface area contributed by atoms with Gasteiger partial charge in [-0.05, 0) is 37.5 Å². The number of carboxylic acids is 1. The van der Waals surface area contributed by atoms with Crippen LogP contribution in [0.15, 0.2) is 47.7 Å². The lowest BCUT2D eigenvalue weighted by molar-refractivity contribution is -0.137. The molecule has 8 heteroatoms.